The lowest BCUT2D eigenvalue weighted by Crippen LogP contribution is -2.34. The fourth-order valence-electron chi connectivity index (χ4n) is 2.98. The number of aromatic nitrogens is 4. The van der Waals surface area contributed by atoms with Gasteiger partial charge in [0.05, 0.1) is 22.3 Å². The van der Waals surface area contributed by atoms with Crippen LogP contribution < -0.4 is 5.32 Å². The van der Waals surface area contributed by atoms with Gasteiger partial charge in [-0.15, -0.1) is 5.10 Å². The fraction of sp³-hybridized carbons (Fsp3) is 0.278. The van der Waals surface area contributed by atoms with Crippen LogP contribution in [0.5, 0.6) is 0 Å². The van der Waals surface area contributed by atoms with Crippen molar-refractivity contribution in [2.45, 2.75) is 19.8 Å². The number of benzene rings is 1. The van der Waals surface area contributed by atoms with Gasteiger partial charge in [0.15, 0.2) is 5.69 Å². The Hall–Kier alpha value is -3.29. The number of hydrogen-bond acceptors (Lipinski definition) is 5. The Labute approximate surface area is 148 Å². The number of hydrogen-bond donors (Lipinski definition) is 2. The van der Waals surface area contributed by atoms with Gasteiger partial charge in [0.2, 0.25) is 0 Å². The highest BCUT2D eigenvalue weighted by Crippen LogP contribution is 2.45. The molecule has 2 heterocycles. The lowest BCUT2D eigenvalue weighted by molar-refractivity contribution is -0.143. The molecule has 4 rings (SSSR count). The molecule has 132 valence electrons. The van der Waals surface area contributed by atoms with Gasteiger partial charge in [0.1, 0.15) is 0 Å². The molecule has 0 saturated heterocycles. The molecule has 1 aromatic carbocycles. The van der Waals surface area contributed by atoms with Crippen LogP contribution >= 0.6 is 0 Å². The highest BCUT2D eigenvalue weighted by atomic mass is 16.4. The number of amides is 1. The molecule has 2 N–H and O–H groups in total. The zero-order valence-corrected chi connectivity index (χ0v) is 14.1. The SMILES string of the molecule is Cc1c(C(=O)NCC2(C(=O)O)CC2)nnn1-c1cccc2cccnc12. The van der Waals surface area contributed by atoms with Crippen LogP contribution in [0.15, 0.2) is 36.5 Å². The summed E-state index contributed by atoms with van der Waals surface area (Å²) < 4.78 is 1.58. The second kappa shape index (κ2) is 5.91. The Morgan fingerprint density at radius 3 is 2.77 bits per heavy atom. The zero-order valence-electron chi connectivity index (χ0n) is 14.1. The first-order chi connectivity index (χ1) is 12.5. The summed E-state index contributed by atoms with van der Waals surface area (Å²) in [5.74, 6) is -1.30. The number of rotatable bonds is 5. The van der Waals surface area contributed by atoms with Crippen molar-refractivity contribution in [3.63, 3.8) is 0 Å². The van der Waals surface area contributed by atoms with Gasteiger partial charge in [-0.05, 0) is 31.9 Å². The summed E-state index contributed by atoms with van der Waals surface area (Å²) in [6.45, 7) is 1.85. The van der Waals surface area contributed by atoms with E-state index in [-0.39, 0.29) is 12.2 Å². The van der Waals surface area contributed by atoms with Gasteiger partial charge in [-0.2, -0.15) is 0 Å². The molecule has 2 aromatic heterocycles. The van der Waals surface area contributed by atoms with Gasteiger partial charge in [0, 0.05) is 18.1 Å². The molecule has 1 saturated carbocycles. The van der Waals surface area contributed by atoms with Crippen LogP contribution in [0.25, 0.3) is 16.6 Å². The van der Waals surface area contributed by atoms with E-state index in [1.54, 1.807) is 17.8 Å². The van der Waals surface area contributed by atoms with Gasteiger partial charge < -0.3 is 10.4 Å². The molecule has 1 aliphatic carbocycles. The third kappa shape index (κ3) is 2.59. The van der Waals surface area contributed by atoms with Crippen molar-refractivity contribution in [3.05, 3.63) is 47.9 Å². The maximum atomic E-state index is 12.4. The first-order valence-electron chi connectivity index (χ1n) is 8.30. The fourth-order valence-corrected chi connectivity index (χ4v) is 2.98. The van der Waals surface area contributed by atoms with E-state index in [9.17, 15) is 14.7 Å². The Morgan fingerprint density at radius 1 is 1.27 bits per heavy atom. The molecule has 1 aliphatic rings. The maximum Gasteiger partial charge on any atom is 0.311 e. The van der Waals surface area contributed by atoms with Crippen molar-refractivity contribution in [1.29, 1.82) is 0 Å². The number of carbonyl (C=O) groups is 2. The zero-order chi connectivity index (χ0) is 18.3. The molecular weight excluding hydrogens is 334 g/mol. The van der Waals surface area contributed by atoms with Crippen LogP contribution in [0.1, 0.15) is 29.0 Å². The predicted octanol–water partition coefficient (Wildman–Crippen LogP) is 1.72. The molecule has 0 atom stereocenters. The second-order valence-electron chi connectivity index (χ2n) is 6.56. The second-order valence-corrected chi connectivity index (χ2v) is 6.56. The lowest BCUT2D eigenvalue weighted by Gasteiger charge is -2.10. The molecule has 0 radical (unpaired) electrons. The quantitative estimate of drug-likeness (QED) is 0.724. The van der Waals surface area contributed by atoms with E-state index < -0.39 is 17.3 Å². The standard InChI is InChI=1S/C18H17N5O3/c1-11-14(16(24)20-10-18(7-8-18)17(25)26)21-22-23(11)13-6-2-4-12-5-3-9-19-15(12)13/h2-6,9H,7-8,10H2,1H3,(H,20,24)(H,25,26). The van der Waals surface area contributed by atoms with E-state index >= 15 is 0 Å². The van der Waals surface area contributed by atoms with E-state index in [2.05, 4.69) is 20.6 Å². The Bertz CT molecular complexity index is 1020. The molecule has 0 unspecified atom stereocenters. The first kappa shape index (κ1) is 16.2. The van der Waals surface area contributed by atoms with Gasteiger partial charge in [-0.3, -0.25) is 14.6 Å². The van der Waals surface area contributed by atoms with Crippen LogP contribution in [0.4, 0.5) is 0 Å². The minimum absolute atomic E-state index is 0.100. The molecular formula is C18H17N5O3. The predicted molar refractivity (Wildman–Crippen MR) is 93.0 cm³/mol. The third-order valence-electron chi connectivity index (χ3n) is 4.84. The molecule has 1 fully saturated rings. The van der Waals surface area contributed by atoms with Crippen molar-refractivity contribution in [1.82, 2.24) is 25.3 Å². The molecule has 8 nitrogen and oxygen atoms in total. The first-order valence-corrected chi connectivity index (χ1v) is 8.30. The minimum Gasteiger partial charge on any atom is -0.481 e. The lowest BCUT2D eigenvalue weighted by atomic mass is 10.1. The minimum atomic E-state index is -0.875. The molecule has 0 bridgehead atoms. The normalized spacial score (nSPS) is 15.0. The molecule has 8 heteroatoms. The monoisotopic (exact) mass is 351 g/mol. The smallest absolute Gasteiger partial charge is 0.311 e. The number of nitrogens with zero attached hydrogens (tertiary/aromatic N) is 4. The average molecular weight is 351 g/mol. The molecule has 3 aromatic rings. The summed E-state index contributed by atoms with van der Waals surface area (Å²) in [6, 6.07) is 9.51. The molecule has 0 spiro atoms. The van der Waals surface area contributed by atoms with Gasteiger partial charge in [0.25, 0.3) is 5.91 Å². The van der Waals surface area contributed by atoms with Crippen molar-refractivity contribution >= 4 is 22.8 Å². The van der Waals surface area contributed by atoms with Gasteiger partial charge in [-0.1, -0.05) is 23.4 Å². The highest BCUT2D eigenvalue weighted by Gasteiger charge is 2.50. The Morgan fingerprint density at radius 2 is 2.04 bits per heavy atom. The topological polar surface area (TPSA) is 110 Å². The number of carboxylic acid groups (broad SMARTS) is 1. The van der Waals surface area contributed by atoms with E-state index in [0.717, 1.165) is 16.6 Å². The number of aliphatic carboxylic acids is 1. The van der Waals surface area contributed by atoms with Crippen LogP contribution in [-0.4, -0.2) is 43.5 Å². The van der Waals surface area contributed by atoms with Crippen molar-refractivity contribution < 1.29 is 14.7 Å². The highest BCUT2D eigenvalue weighted by molar-refractivity contribution is 5.94. The Kier molecular flexibility index (Phi) is 3.68. The Balaban J connectivity index is 1.62. The molecule has 26 heavy (non-hydrogen) atoms. The van der Waals surface area contributed by atoms with Crippen LogP contribution in [0, 0.1) is 12.3 Å². The number of fused-ring (bicyclic) bond motifs is 1. The van der Waals surface area contributed by atoms with Crippen LogP contribution in [0.2, 0.25) is 0 Å². The van der Waals surface area contributed by atoms with E-state index in [1.165, 1.54) is 0 Å². The van der Waals surface area contributed by atoms with E-state index in [4.69, 9.17) is 0 Å². The summed E-state index contributed by atoms with van der Waals surface area (Å²) >= 11 is 0. The summed E-state index contributed by atoms with van der Waals surface area (Å²) in [6.07, 6.45) is 2.86. The number of carbonyl (C=O) groups excluding carboxylic acids is 1. The molecule has 0 aliphatic heterocycles. The maximum absolute atomic E-state index is 12.4. The van der Waals surface area contributed by atoms with Crippen molar-refractivity contribution in [2.24, 2.45) is 5.41 Å². The van der Waals surface area contributed by atoms with E-state index in [1.807, 2.05) is 30.3 Å². The number of pyridine rings is 1. The van der Waals surface area contributed by atoms with Crippen LogP contribution in [0.3, 0.4) is 0 Å². The summed E-state index contributed by atoms with van der Waals surface area (Å²) in [4.78, 5) is 28.1. The number of carboxylic acids is 1. The van der Waals surface area contributed by atoms with Crippen LogP contribution in [-0.2, 0) is 4.79 Å². The summed E-state index contributed by atoms with van der Waals surface area (Å²) in [5.41, 5.74) is 1.42. The van der Waals surface area contributed by atoms with E-state index in [0.29, 0.717) is 18.5 Å². The number of para-hydroxylation sites is 1. The largest absolute Gasteiger partial charge is 0.481 e. The summed E-state index contributed by atoms with van der Waals surface area (Å²) in [5, 5.41) is 20.9. The van der Waals surface area contributed by atoms with Gasteiger partial charge >= 0.3 is 5.97 Å². The number of nitrogens with one attached hydrogen (secondary N) is 1. The average Bonchev–Trinajstić information content (AvgIpc) is 3.36. The third-order valence-corrected chi connectivity index (χ3v) is 4.84. The van der Waals surface area contributed by atoms with Crippen molar-refractivity contribution in [3.8, 4) is 5.69 Å². The molecule has 1 amide bonds. The summed E-state index contributed by atoms with van der Waals surface area (Å²) in [7, 11) is 0. The van der Waals surface area contributed by atoms with Gasteiger partial charge in [-0.25, -0.2) is 4.68 Å². The van der Waals surface area contributed by atoms with Crippen molar-refractivity contribution in [2.75, 3.05) is 6.54 Å².